The van der Waals surface area contributed by atoms with Crippen molar-refractivity contribution in [3.63, 3.8) is 0 Å². The molecule has 0 aromatic rings. The number of rotatable bonds is 0. The smallest absolute Gasteiger partial charge is 1.00 e. The van der Waals surface area contributed by atoms with Gasteiger partial charge in [-0.25, -0.2) is 0 Å². The first-order valence-electron chi connectivity index (χ1n) is 0.577. The molecule has 0 fully saturated rings. The molecular weight excluding hydrogens is 59.8 g/mol. The minimum atomic E-state index is 0. The molecule has 0 bridgehead atoms. The van der Waals surface area contributed by atoms with Crippen LogP contribution in [0.4, 0.5) is 0 Å². The first kappa shape index (κ1) is 19.9. The van der Waals surface area contributed by atoms with Crippen molar-refractivity contribution in [2.24, 2.45) is 5.73 Å². The molecule has 4 heavy (non-hydrogen) atoms. The van der Waals surface area contributed by atoms with E-state index in [9.17, 15) is 0 Å². The summed E-state index contributed by atoms with van der Waals surface area (Å²) in [6.07, 6.45) is 0. The molecule has 2 N–H and O–H groups in total. The number of hydrogen-bond donors (Lipinski definition) is 1. The molecule has 0 amide bonds. The van der Waals surface area contributed by atoms with E-state index < -0.39 is 0 Å². The van der Waals surface area contributed by atoms with E-state index in [0.29, 0.717) is 0 Å². The molecule has 0 aromatic carbocycles. The quantitative estimate of drug-likeness (QED) is 0.288. The van der Waals surface area contributed by atoms with Gasteiger partial charge in [0.25, 0.3) is 0 Å². The summed E-state index contributed by atoms with van der Waals surface area (Å²) in [7, 11) is 1.50. The zero-order valence-corrected chi connectivity index (χ0v) is 5.15. The van der Waals surface area contributed by atoms with Gasteiger partial charge < -0.3 is 14.1 Å². The Morgan fingerprint density at radius 3 is 1.25 bits per heavy atom. The van der Waals surface area contributed by atoms with Crippen molar-refractivity contribution in [2.45, 2.75) is 0 Å². The van der Waals surface area contributed by atoms with E-state index in [1.54, 1.807) is 0 Å². The van der Waals surface area contributed by atoms with Crippen molar-refractivity contribution in [1.29, 1.82) is 0 Å². The van der Waals surface area contributed by atoms with Gasteiger partial charge in [-0.15, -0.1) is 0 Å². The largest absolute Gasteiger partial charge is 1.00 e. The standard InChI is InChI=1S/CH5N.B.Na/c1-2;;/h2H2,1H3;;/q;-1;+1. The Balaban J connectivity index is -0.00000000500. The van der Waals surface area contributed by atoms with Crippen LogP contribution in [0.3, 0.4) is 0 Å². The number of hydrogen-bond acceptors (Lipinski definition) is 1. The third-order valence-electron chi connectivity index (χ3n) is 0. The topological polar surface area (TPSA) is 26.0 Å². The fourth-order valence-corrected chi connectivity index (χ4v) is 0. The second-order valence-corrected chi connectivity index (χ2v) is 0. The summed E-state index contributed by atoms with van der Waals surface area (Å²) in [6.45, 7) is 0. The SMILES string of the molecule is CN.[B-].[Na+]. The summed E-state index contributed by atoms with van der Waals surface area (Å²) in [5.74, 6) is 0. The van der Waals surface area contributed by atoms with Crippen molar-refractivity contribution >= 4 is 8.41 Å². The molecule has 0 aliphatic heterocycles. The average Bonchev–Trinajstić information content (AvgIpc) is 1.00. The summed E-state index contributed by atoms with van der Waals surface area (Å²) in [5.41, 5.74) is 4.50. The van der Waals surface area contributed by atoms with E-state index in [4.69, 9.17) is 0 Å². The van der Waals surface area contributed by atoms with Crippen LogP contribution in [0.1, 0.15) is 0 Å². The van der Waals surface area contributed by atoms with Crippen LogP contribution in [0.15, 0.2) is 0 Å². The zero-order valence-electron chi connectivity index (χ0n) is 3.15. The maximum Gasteiger partial charge on any atom is 1.00 e. The van der Waals surface area contributed by atoms with Gasteiger partial charge in [-0.05, 0) is 7.05 Å². The van der Waals surface area contributed by atoms with E-state index in [1.807, 2.05) is 0 Å². The summed E-state index contributed by atoms with van der Waals surface area (Å²) in [6, 6.07) is 0. The van der Waals surface area contributed by atoms with Crippen LogP contribution in [0, 0.1) is 0 Å². The maximum atomic E-state index is 4.50. The molecule has 0 heterocycles. The van der Waals surface area contributed by atoms with Gasteiger partial charge in [-0.3, -0.25) is 0 Å². The molecule has 0 spiro atoms. The van der Waals surface area contributed by atoms with Crippen LogP contribution in [0.5, 0.6) is 0 Å². The Morgan fingerprint density at radius 1 is 1.25 bits per heavy atom. The normalized spacial score (nSPS) is 1.50. The molecule has 4 radical (unpaired) electrons. The Labute approximate surface area is 50.8 Å². The van der Waals surface area contributed by atoms with Crippen molar-refractivity contribution in [2.75, 3.05) is 7.05 Å². The third kappa shape index (κ3) is 11.8. The summed E-state index contributed by atoms with van der Waals surface area (Å²) in [5, 5.41) is 0. The Hall–Kier alpha value is 1.02. The van der Waals surface area contributed by atoms with Crippen molar-refractivity contribution in [3.05, 3.63) is 0 Å². The number of nitrogens with two attached hydrogens (primary N) is 1. The third-order valence-corrected chi connectivity index (χ3v) is 0. The fourth-order valence-electron chi connectivity index (χ4n) is 0. The van der Waals surface area contributed by atoms with E-state index >= 15 is 0 Å². The molecule has 0 saturated carbocycles. The van der Waals surface area contributed by atoms with Gasteiger partial charge in [0.2, 0.25) is 0 Å². The molecule has 0 aliphatic rings. The van der Waals surface area contributed by atoms with E-state index in [2.05, 4.69) is 5.73 Å². The van der Waals surface area contributed by atoms with Gasteiger partial charge in [0.1, 0.15) is 0 Å². The summed E-state index contributed by atoms with van der Waals surface area (Å²) in [4.78, 5) is 0. The van der Waals surface area contributed by atoms with E-state index in [0.717, 1.165) is 0 Å². The Bertz CT molecular complexity index is 8.00. The van der Waals surface area contributed by atoms with E-state index in [-0.39, 0.29) is 38.0 Å². The van der Waals surface area contributed by atoms with Gasteiger partial charge >= 0.3 is 29.6 Å². The van der Waals surface area contributed by atoms with Crippen LogP contribution in [0.25, 0.3) is 0 Å². The second kappa shape index (κ2) is 35.1. The predicted molar refractivity (Wildman–Crippen MR) is 15.9 cm³/mol. The van der Waals surface area contributed by atoms with Gasteiger partial charge in [0.05, 0.1) is 0 Å². The monoisotopic (exact) mass is 65.0 g/mol. The van der Waals surface area contributed by atoms with Crippen LogP contribution < -0.4 is 35.3 Å². The molecule has 0 unspecified atom stereocenters. The minimum absolute atomic E-state index is 0. The molecule has 1 nitrogen and oxygen atoms in total. The fraction of sp³-hybridized carbons (Fsp3) is 1.00. The molecule has 0 aromatic heterocycles. The van der Waals surface area contributed by atoms with Crippen molar-refractivity contribution in [3.8, 4) is 0 Å². The molecule has 0 aliphatic carbocycles. The van der Waals surface area contributed by atoms with Crippen LogP contribution >= 0.6 is 0 Å². The van der Waals surface area contributed by atoms with E-state index in [1.165, 1.54) is 7.05 Å². The van der Waals surface area contributed by atoms with Gasteiger partial charge in [-0.1, -0.05) is 0 Å². The maximum absolute atomic E-state index is 4.50. The minimum Gasteiger partial charge on any atom is -1.00 e. The van der Waals surface area contributed by atoms with Gasteiger partial charge in [-0.2, -0.15) is 0 Å². The molecule has 0 saturated heterocycles. The Morgan fingerprint density at radius 2 is 1.25 bits per heavy atom. The average molecular weight is 64.9 g/mol. The van der Waals surface area contributed by atoms with Crippen molar-refractivity contribution < 1.29 is 29.6 Å². The summed E-state index contributed by atoms with van der Waals surface area (Å²) < 4.78 is 0. The van der Waals surface area contributed by atoms with Gasteiger partial charge in [0.15, 0.2) is 0 Å². The molecule has 0 atom stereocenters. The molecule has 0 rings (SSSR count). The molecular formula is CH5BNNa. The first-order valence-corrected chi connectivity index (χ1v) is 0.577. The molecule has 18 valence electrons. The Kier molecular flexibility index (Phi) is 174. The van der Waals surface area contributed by atoms with Crippen LogP contribution in [-0.2, 0) is 0 Å². The zero-order chi connectivity index (χ0) is 2.00. The van der Waals surface area contributed by atoms with Crippen LogP contribution in [-0.4, -0.2) is 15.5 Å². The predicted octanol–water partition coefficient (Wildman–Crippen LogP) is -3.80. The molecule has 3 heteroatoms. The van der Waals surface area contributed by atoms with Crippen molar-refractivity contribution in [1.82, 2.24) is 0 Å². The first-order chi connectivity index (χ1) is 1.00. The van der Waals surface area contributed by atoms with Gasteiger partial charge in [0, 0.05) is 0 Å². The van der Waals surface area contributed by atoms with Crippen LogP contribution in [0.2, 0.25) is 0 Å². The summed E-state index contributed by atoms with van der Waals surface area (Å²) >= 11 is 0. The second-order valence-electron chi connectivity index (χ2n) is 0.